The molecule has 3 N–H and O–H groups in total. The van der Waals surface area contributed by atoms with E-state index >= 15 is 0 Å². The molecule has 7 nitrogen and oxygen atoms in total. The highest BCUT2D eigenvalue weighted by atomic mass is 16.5. The van der Waals surface area contributed by atoms with Crippen molar-refractivity contribution >= 4 is 17.2 Å². The van der Waals surface area contributed by atoms with Crippen molar-refractivity contribution in [2.24, 2.45) is 15.7 Å². The Labute approximate surface area is 231 Å². The van der Waals surface area contributed by atoms with Crippen molar-refractivity contribution in [1.29, 1.82) is 0 Å². The van der Waals surface area contributed by atoms with Crippen molar-refractivity contribution in [3.05, 3.63) is 59.5 Å². The second kappa shape index (κ2) is 16.0. The summed E-state index contributed by atoms with van der Waals surface area (Å²) in [4.78, 5) is 14.1. The molecular weight excluding hydrogens is 472 g/mol. The number of aryl methyl sites for hydroxylation is 1. The van der Waals surface area contributed by atoms with E-state index in [1.165, 1.54) is 12.0 Å². The van der Waals surface area contributed by atoms with Crippen LogP contribution in [0.5, 0.6) is 5.75 Å². The summed E-state index contributed by atoms with van der Waals surface area (Å²) >= 11 is 0. The maximum absolute atomic E-state index is 6.28. The van der Waals surface area contributed by atoms with Gasteiger partial charge < -0.3 is 25.6 Å². The van der Waals surface area contributed by atoms with Crippen LogP contribution in [-0.2, 0) is 0 Å². The summed E-state index contributed by atoms with van der Waals surface area (Å²) in [5.74, 6) is 1.70. The number of amidine groups is 1. The number of nitrogens with zero attached hydrogens (tertiary/aromatic N) is 4. The molecule has 210 valence electrons. The number of benzene rings is 1. The number of nitrogens with two attached hydrogens (primary N) is 1. The fraction of sp³-hybridized carbons (Fsp3) is 0.548. The van der Waals surface area contributed by atoms with E-state index in [9.17, 15) is 0 Å². The van der Waals surface area contributed by atoms with Crippen LogP contribution in [0.1, 0.15) is 64.0 Å². The molecule has 1 aromatic carbocycles. The Hall–Kier alpha value is -3.06. The first kappa shape index (κ1) is 31.2. The number of aliphatic imine (C=N–C) groups is 2. The van der Waals surface area contributed by atoms with Crippen molar-refractivity contribution in [1.82, 2.24) is 15.1 Å². The number of rotatable bonds is 3. The van der Waals surface area contributed by atoms with Crippen molar-refractivity contribution in [3.63, 3.8) is 0 Å². The van der Waals surface area contributed by atoms with Gasteiger partial charge in [0.05, 0.1) is 18.4 Å². The van der Waals surface area contributed by atoms with Crippen LogP contribution in [-0.4, -0.2) is 74.8 Å². The van der Waals surface area contributed by atoms with E-state index in [0.717, 1.165) is 72.2 Å². The largest absolute Gasteiger partial charge is 0.493 e. The molecule has 0 saturated heterocycles. The fourth-order valence-electron chi connectivity index (χ4n) is 4.59. The molecule has 38 heavy (non-hydrogen) atoms. The van der Waals surface area contributed by atoms with E-state index in [1.807, 2.05) is 14.0 Å². The molecule has 1 unspecified atom stereocenters. The van der Waals surface area contributed by atoms with Crippen LogP contribution in [0.15, 0.2) is 58.3 Å². The van der Waals surface area contributed by atoms with E-state index in [4.69, 9.17) is 15.5 Å². The molecule has 1 atom stereocenters. The number of nitrogens with one attached hydrogen (secondary N) is 1. The smallest absolute Gasteiger partial charge is 0.128 e. The summed E-state index contributed by atoms with van der Waals surface area (Å²) < 4.78 is 6.28. The molecule has 0 saturated carbocycles. The molecule has 0 bridgehead atoms. The molecule has 0 aromatic heterocycles. The van der Waals surface area contributed by atoms with Gasteiger partial charge in [0.15, 0.2) is 0 Å². The first-order valence-corrected chi connectivity index (χ1v) is 13.9. The number of hydrogen-bond donors (Lipinski definition) is 2. The van der Waals surface area contributed by atoms with Crippen molar-refractivity contribution in [3.8, 4) is 5.75 Å². The van der Waals surface area contributed by atoms with E-state index in [0.29, 0.717) is 19.7 Å². The Balaban J connectivity index is 2.51. The monoisotopic (exact) mass is 522 g/mol. The summed E-state index contributed by atoms with van der Waals surface area (Å²) in [6.45, 7) is 15.8. The van der Waals surface area contributed by atoms with E-state index in [-0.39, 0.29) is 6.04 Å². The quantitative estimate of drug-likeness (QED) is 0.557. The van der Waals surface area contributed by atoms with Gasteiger partial charge in [0, 0.05) is 63.4 Å². The van der Waals surface area contributed by atoms with Gasteiger partial charge in [0.25, 0.3) is 0 Å². The third-order valence-corrected chi connectivity index (χ3v) is 7.02. The molecule has 0 radical (unpaired) electrons. The van der Waals surface area contributed by atoms with Crippen LogP contribution in [0.2, 0.25) is 0 Å². The van der Waals surface area contributed by atoms with Gasteiger partial charge in [-0.1, -0.05) is 38.0 Å². The minimum atomic E-state index is 0.0421. The SMILES string of the molecule is C=C1c2cc(C)ccc2OCCCCCCN(C)/C(C)=C/C(NCCN)=N\C(C)=C\C(=N/C)C(CC)N1C. The second-order valence-electron chi connectivity index (χ2n) is 10.1. The van der Waals surface area contributed by atoms with Crippen molar-refractivity contribution in [2.45, 2.75) is 65.8 Å². The topological polar surface area (TPSA) is 78.5 Å². The second-order valence-corrected chi connectivity index (χ2v) is 10.1. The van der Waals surface area contributed by atoms with Gasteiger partial charge in [0.1, 0.15) is 11.6 Å². The summed E-state index contributed by atoms with van der Waals surface area (Å²) in [5.41, 5.74) is 11.9. The lowest BCUT2D eigenvalue weighted by Crippen LogP contribution is -2.36. The molecule has 0 aliphatic carbocycles. The normalized spacial score (nSPS) is 24.3. The van der Waals surface area contributed by atoms with Gasteiger partial charge in [-0.05, 0) is 64.3 Å². The minimum Gasteiger partial charge on any atom is -0.493 e. The van der Waals surface area contributed by atoms with Crippen molar-refractivity contribution in [2.75, 3.05) is 47.4 Å². The van der Waals surface area contributed by atoms with Crippen LogP contribution in [0.4, 0.5) is 0 Å². The van der Waals surface area contributed by atoms with Crippen LogP contribution in [0, 0.1) is 6.92 Å². The van der Waals surface area contributed by atoms with Crippen LogP contribution in [0.3, 0.4) is 0 Å². The minimum absolute atomic E-state index is 0.0421. The van der Waals surface area contributed by atoms with Gasteiger partial charge in [-0.25, -0.2) is 4.99 Å². The summed E-state index contributed by atoms with van der Waals surface area (Å²) in [6, 6.07) is 6.39. The molecule has 1 aromatic rings. The number of hydrogen-bond acceptors (Lipinski definition) is 7. The van der Waals surface area contributed by atoms with Crippen LogP contribution >= 0.6 is 0 Å². The van der Waals surface area contributed by atoms with Gasteiger partial charge in [-0.3, -0.25) is 4.99 Å². The first-order chi connectivity index (χ1) is 18.2. The molecule has 7 heteroatoms. The molecule has 0 amide bonds. The van der Waals surface area contributed by atoms with Gasteiger partial charge in [-0.15, -0.1) is 0 Å². The fourth-order valence-corrected chi connectivity index (χ4v) is 4.59. The zero-order valence-corrected chi connectivity index (χ0v) is 24.8. The third kappa shape index (κ3) is 9.35. The summed E-state index contributed by atoms with van der Waals surface area (Å²) in [7, 11) is 6.07. The number of ether oxygens (including phenoxy) is 1. The number of fused-ring (bicyclic) bond motifs is 1. The lowest BCUT2D eigenvalue weighted by atomic mass is 10.0. The Morgan fingerprint density at radius 3 is 2.55 bits per heavy atom. The molecule has 0 spiro atoms. The lowest BCUT2D eigenvalue weighted by Gasteiger charge is -2.32. The van der Waals surface area contributed by atoms with Crippen LogP contribution in [0.25, 0.3) is 5.70 Å². The Kier molecular flexibility index (Phi) is 13.1. The standard InChI is InChI=1S/C31H50N6O/c1-9-29-28(33-6)21-24(3)35-31(34-17-16-32)22-25(4)36(7)18-12-10-11-13-19-38-30-15-14-23(2)20-27(30)26(5)37(29)8/h14-15,20-22,29H,5,9-13,16-19,32H2,1-4,6-8H3,(H,34,35)/b24-21+,25-22+,33-28+. The maximum Gasteiger partial charge on any atom is 0.128 e. The summed E-state index contributed by atoms with van der Waals surface area (Å²) in [6.07, 6.45) is 9.52. The molecule has 1 aliphatic heterocycles. The third-order valence-electron chi connectivity index (χ3n) is 7.02. The summed E-state index contributed by atoms with van der Waals surface area (Å²) in [5, 5.41) is 3.38. The molecule has 1 aliphatic rings. The average Bonchev–Trinajstić information content (AvgIpc) is 2.90. The van der Waals surface area contributed by atoms with Gasteiger partial charge >= 0.3 is 0 Å². The van der Waals surface area contributed by atoms with E-state index < -0.39 is 0 Å². The highest BCUT2D eigenvalue weighted by Crippen LogP contribution is 2.30. The Bertz CT molecular complexity index is 1040. The lowest BCUT2D eigenvalue weighted by molar-refractivity contribution is 0.300. The van der Waals surface area contributed by atoms with Crippen LogP contribution < -0.4 is 15.8 Å². The van der Waals surface area contributed by atoms with E-state index in [1.54, 1.807) is 0 Å². The Morgan fingerprint density at radius 2 is 1.87 bits per heavy atom. The maximum atomic E-state index is 6.28. The van der Waals surface area contributed by atoms with Gasteiger partial charge in [-0.2, -0.15) is 0 Å². The van der Waals surface area contributed by atoms with Crippen molar-refractivity contribution < 1.29 is 4.74 Å². The van der Waals surface area contributed by atoms with E-state index in [2.05, 4.69) is 91.9 Å². The molecular formula is C31H50N6O. The highest BCUT2D eigenvalue weighted by molar-refractivity contribution is 6.01. The predicted molar refractivity (Wildman–Crippen MR) is 164 cm³/mol. The molecule has 2 rings (SSSR count). The predicted octanol–water partition coefficient (Wildman–Crippen LogP) is 5.39. The number of allylic oxidation sites excluding steroid dienone is 2. The Morgan fingerprint density at radius 1 is 1.13 bits per heavy atom. The zero-order chi connectivity index (χ0) is 28.1. The molecule has 0 fully saturated rings. The van der Waals surface area contributed by atoms with Gasteiger partial charge in [0.2, 0.25) is 0 Å². The zero-order valence-electron chi connectivity index (χ0n) is 24.8. The average molecular weight is 523 g/mol. The highest BCUT2D eigenvalue weighted by Gasteiger charge is 2.22. The first-order valence-electron chi connectivity index (χ1n) is 13.9. The molecule has 1 heterocycles.